The highest BCUT2D eigenvalue weighted by atomic mass is 35.5. The van der Waals surface area contributed by atoms with E-state index in [-0.39, 0.29) is 24.4 Å². The standard InChI is InChI=1S/C18H17ClFNO2/c19-14-8-6-13(7-9-14)18(12-4-5-12)21-17(22)11-23-16-3-1-2-15(20)10-16/h1-3,6-10,12,18H,4-5,11H2,(H,21,22)/t18-/m1/s1. The van der Waals surface area contributed by atoms with Gasteiger partial charge in [-0.2, -0.15) is 0 Å². The molecule has 1 fully saturated rings. The van der Waals surface area contributed by atoms with E-state index < -0.39 is 0 Å². The molecule has 0 aliphatic heterocycles. The summed E-state index contributed by atoms with van der Waals surface area (Å²) in [6, 6.07) is 13.2. The Morgan fingerprint density at radius 2 is 2.00 bits per heavy atom. The maximum absolute atomic E-state index is 13.1. The number of ether oxygens (including phenoxy) is 1. The first-order valence-corrected chi connectivity index (χ1v) is 7.93. The van der Waals surface area contributed by atoms with Crippen molar-refractivity contribution >= 4 is 17.5 Å². The fourth-order valence-corrected chi connectivity index (χ4v) is 2.62. The van der Waals surface area contributed by atoms with Gasteiger partial charge in [0.15, 0.2) is 6.61 Å². The van der Waals surface area contributed by atoms with Gasteiger partial charge >= 0.3 is 0 Å². The molecule has 0 spiro atoms. The van der Waals surface area contributed by atoms with E-state index in [1.807, 2.05) is 24.3 Å². The fraction of sp³-hybridized carbons (Fsp3) is 0.278. The summed E-state index contributed by atoms with van der Waals surface area (Å²) in [6.07, 6.45) is 2.19. The summed E-state index contributed by atoms with van der Waals surface area (Å²) in [6.45, 7) is -0.139. The highest BCUT2D eigenvalue weighted by molar-refractivity contribution is 6.30. The number of carbonyl (C=O) groups is 1. The first-order chi connectivity index (χ1) is 11.1. The minimum Gasteiger partial charge on any atom is -0.484 e. The Balaban J connectivity index is 1.59. The second kappa shape index (κ2) is 7.01. The van der Waals surface area contributed by atoms with Gasteiger partial charge in [-0.3, -0.25) is 4.79 Å². The van der Waals surface area contributed by atoms with Crippen molar-refractivity contribution in [2.75, 3.05) is 6.61 Å². The topological polar surface area (TPSA) is 38.3 Å². The molecule has 0 bridgehead atoms. The van der Waals surface area contributed by atoms with Gasteiger partial charge in [-0.25, -0.2) is 4.39 Å². The van der Waals surface area contributed by atoms with Crippen molar-refractivity contribution < 1.29 is 13.9 Å². The van der Waals surface area contributed by atoms with Gasteiger partial charge in [-0.1, -0.05) is 29.8 Å². The lowest BCUT2D eigenvalue weighted by molar-refractivity contribution is -0.124. The van der Waals surface area contributed by atoms with Crippen LogP contribution in [-0.4, -0.2) is 12.5 Å². The Kier molecular flexibility index (Phi) is 4.82. The molecular weight excluding hydrogens is 317 g/mol. The predicted octanol–water partition coefficient (Wildman–Crippen LogP) is 4.13. The van der Waals surface area contributed by atoms with E-state index in [4.69, 9.17) is 16.3 Å². The van der Waals surface area contributed by atoms with E-state index in [1.165, 1.54) is 12.1 Å². The van der Waals surface area contributed by atoms with E-state index in [0.717, 1.165) is 18.4 Å². The summed E-state index contributed by atoms with van der Waals surface area (Å²) >= 11 is 5.91. The first kappa shape index (κ1) is 15.8. The molecule has 1 amide bonds. The molecule has 23 heavy (non-hydrogen) atoms. The Hall–Kier alpha value is -2.07. The molecule has 1 aliphatic rings. The third kappa shape index (κ3) is 4.45. The molecule has 120 valence electrons. The van der Waals surface area contributed by atoms with Crippen LogP contribution >= 0.6 is 11.6 Å². The predicted molar refractivity (Wildman–Crippen MR) is 87.0 cm³/mol. The van der Waals surface area contributed by atoms with Gasteiger partial charge < -0.3 is 10.1 Å². The second-order valence-electron chi connectivity index (χ2n) is 5.68. The molecule has 0 heterocycles. The molecule has 1 atom stereocenters. The SMILES string of the molecule is O=C(COc1cccc(F)c1)N[C@@H](c1ccc(Cl)cc1)C1CC1. The molecule has 1 aliphatic carbocycles. The molecule has 0 unspecified atom stereocenters. The number of benzene rings is 2. The average molecular weight is 334 g/mol. The largest absolute Gasteiger partial charge is 0.484 e. The Labute approximate surface area is 139 Å². The molecular formula is C18H17ClFNO2. The van der Waals surface area contributed by atoms with Gasteiger partial charge in [0.2, 0.25) is 0 Å². The van der Waals surface area contributed by atoms with Crippen LogP contribution in [0.25, 0.3) is 0 Å². The Morgan fingerprint density at radius 1 is 1.26 bits per heavy atom. The van der Waals surface area contributed by atoms with Crippen LogP contribution in [0.2, 0.25) is 5.02 Å². The highest BCUT2D eigenvalue weighted by Gasteiger charge is 2.33. The van der Waals surface area contributed by atoms with Gasteiger partial charge in [0.25, 0.3) is 5.91 Å². The molecule has 2 aromatic rings. The summed E-state index contributed by atoms with van der Waals surface area (Å²) in [7, 11) is 0. The van der Waals surface area contributed by atoms with E-state index in [1.54, 1.807) is 12.1 Å². The molecule has 1 saturated carbocycles. The third-order valence-corrected chi connectivity index (χ3v) is 4.06. The maximum atomic E-state index is 13.1. The zero-order valence-electron chi connectivity index (χ0n) is 12.5. The number of rotatable bonds is 6. The van der Waals surface area contributed by atoms with Crippen LogP contribution in [0.3, 0.4) is 0 Å². The summed E-state index contributed by atoms with van der Waals surface area (Å²) in [5, 5.41) is 3.67. The van der Waals surface area contributed by atoms with Crippen LogP contribution in [0.1, 0.15) is 24.4 Å². The highest BCUT2D eigenvalue weighted by Crippen LogP contribution is 2.41. The minimum absolute atomic E-state index is 0.0316. The van der Waals surface area contributed by atoms with Crippen LogP contribution in [0.5, 0.6) is 5.75 Å². The van der Waals surface area contributed by atoms with Crippen molar-refractivity contribution in [3.8, 4) is 5.75 Å². The normalized spacial score (nSPS) is 15.0. The molecule has 0 aromatic heterocycles. The van der Waals surface area contributed by atoms with E-state index in [2.05, 4.69) is 5.32 Å². The van der Waals surface area contributed by atoms with E-state index in [9.17, 15) is 9.18 Å². The Bertz CT molecular complexity index is 686. The lowest BCUT2D eigenvalue weighted by Gasteiger charge is -2.19. The summed E-state index contributed by atoms with van der Waals surface area (Å²) in [5.74, 6) is 0.185. The molecule has 3 nitrogen and oxygen atoms in total. The van der Waals surface area contributed by atoms with Crippen LogP contribution in [-0.2, 0) is 4.79 Å². The summed E-state index contributed by atoms with van der Waals surface area (Å²) < 4.78 is 18.4. The zero-order chi connectivity index (χ0) is 16.2. The van der Waals surface area contributed by atoms with Crippen LogP contribution in [0.15, 0.2) is 48.5 Å². The summed E-state index contributed by atoms with van der Waals surface area (Å²) in [5.41, 5.74) is 1.04. The van der Waals surface area contributed by atoms with Crippen molar-refractivity contribution in [1.29, 1.82) is 0 Å². The fourth-order valence-electron chi connectivity index (χ4n) is 2.49. The quantitative estimate of drug-likeness (QED) is 0.863. The van der Waals surface area contributed by atoms with Crippen molar-refractivity contribution in [2.24, 2.45) is 5.92 Å². The molecule has 0 radical (unpaired) electrons. The average Bonchev–Trinajstić information content (AvgIpc) is 3.36. The Morgan fingerprint density at radius 3 is 2.65 bits per heavy atom. The van der Waals surface area contributed by atoms with Crippen molar-refractivity contribution in [3.63, 3.8) is 0 Å². The molecule has 0 saturated heterocycles. The van der Waals surface area contributed by atoms with E-state index >= 15 is 0 Å². The molecule has 2 aromatic carbocycles. The molecule has 5 heteroatoms. The van der Waals surface area contributed by atoms with Crippen molar-refractivity contribution in [2.45, 2.75) is 18.9 Å². The van der Waals surface area contributed by atoms with Gasteiger partial charge in [-0.05, 0) is 48.6 Å². The van der Waals surface area contributed by atoms with Crippen molar-refractivity contribution in [1.82, 2.24) is 5.32 Å². The summed E-state index contributed by atoms with van der Waals surface area (Å²) in [4.78, 5) is 12.1. The maximum Gasteiger partial charge on any atom is 0.258 e. The van der Waals surface area contributed by atoms with Gasteiger partial charge in [0, 0.05) is 11.1 Å². The van der Waals surface area contributed by atoms with Gasteiger partial charge in [0.05, 0.1) is 6.04 Å². The molecule has 1 N–H and O–H groups in total. The second-order valence-corrected chi connectivity index (χ2v) is 6.12. The number of halogens is 2. The van der Waals surface area contributed by atoms with Crippen LogP contribution in [0.4, 0.5) is 4.39 Å². The first-order valence-electron chi connectivity index (χ1n) is 7.55. The number of carbonyl (C=O) groups excluding carboxylic acids is 1. The lowest BCUT2D eigenvalue weighted by atomic mass is 10.0. The number of amides is 1. The lowest BCUT2D eigenvalue weighted by Crippen LogP contribution is -2.33. The zero-order valence-corrected chi connectivity index (χ0v) is 13.2. The third-order valence-electron chi connectivity index (χ3n) is 3.81. The monoisotopic (exact) mass is 333 g/mol. The van der Waals surface area contributed by atoms with Crippen LogP contribution in [0, 0.1) is 11.7 Å². The number of hydrogen-bond donors (Lipinski definition) is 1. The minimum atomic E-state index is -0.389. The molecule has 3 rings (SSSR count). The van der Waals surface area contributed by atoms with Crippen molar-refractivity contribution in [3.05, 3.63) is 64.9 Å². The van der Waals surface area contributed by atoms with Gasteiger partial charge in [-0.15, -0.1) is 0 Å². The van der Waals surface area contributed by atoms with E-state index in [0.29, 0.717) is 16.7 Å². The van der Waals surface area contributed by atoms with Gasteiger partial charge in [0.1, 0.15) is 11.6 Å². The number of nitrogens with one attached hydrogen (secondary N) is 1. The smallest absolute Gasteiger partial charge is 0.258 e. The van der Waals surface area contributed by atoms with Crippen LogP contribution < -0.4 is 10.1 Å². The number of hydrogen-bond acceptors (Lipinski definition) is 2.